The van der Waals surface area contributed by atoms with Crippen molar-refractivity contribution >= 4 is 16.7 Å². The number of carbonyl (C=O) groups excluding carboxylic acids is 1. The summed E-state index contributed by atoms with van der Waals surface area (Å²) in [6, 6.07) is 6.22. The number of aliphatic hydroxyl groups excluding tert-OH is 3. The van der Waals surface area contributed by atoms with Gasteiger partial charge in [-0.2, -0.15) is 0 Å². The van der Waals surface area contributed by atoms with E-state index in [0.717, 1.165) is 0 Å². The lowest BCUT2D eigenvalue weighted by Crippen LogP contribution is -2.53. The highest BCUT2D eigenvalue weighted by Crippen LogP contribution is 2.52. The fraction of sp³-hybridized carbons (Fsp3) is 0.452. The Bertz CT molecular complexity index is 1690. The molecule has 2 saturated heterocycles. The summed E-state index contributed by atoms with van der Waals surface area (Å²) in [5.74, 6) is 0.607. The van der Waals surface area contributed by atoms with Crippen LogP contribution >= 0.6 is 0 Å². The number of methoxy groups -OCH3 is 2. The molecule has 0 amide bonds. The van der Waals surface area contributed by atoms with E-state index in [1.807, 2.05) is 0 Å². The number of esters is 1. The van der Waals surface area contributed by atoms with Crippen molar-refractivity contribution in [3.05, 3.63) is 35.4 Å². The number of fused-ring (bicyclic) bond motifs is 3. The third-order valence-corrected chi connectivity index (χ3v) is 8.59. The van der Waals surface area contributed by atoms with Gasteiger partial charge in [-0.05, 0) is 23.6 Å². The van der Waals surface area contributed by atoms with Crippen molar-refractivity contribution in [1.29, 1.82) is 0 Å². The van der Waals surface area contributed by atoms with Gasteiger partial charge in [0, 0.05) is 34.6 Å². The van der Waals surface area contributed by atoms with Crippen molar-refractivity contribution < 1.29 is 73.0 Å². The zero-order valence-electron chi connectivity index (χ0n) is 24.8. The molecular formula is C31H32O15. The van der Waals surface area contributed by atoms with Gasteiger partial charge in [0.05, 0.1) is 45.7 Å². The molecule has 4 heterocycles. The number of rotatable bonds is 8. The number of hydrogen-bond donors (Lipinski definition) is 5. The Kier molecular flexibility index (Phi) is 7.71. The lowest BCUT2D eigenvalue weighted by molar-refractivity contribution is -0.269. The van der Waals surface area contributed by atoms with Gasteiger partial charge in [-0.25, -0.2) is 4.79 Å². The van der Waals surface area contributed by atoms with E-state index in [1.165, 1.54) is 20.3 Å². The Labute approximate surface area is 261 Å². The van der Waals surface area contributed by atoms with Gasteiger partial charge in [0.25, 0.3) is 0 Å². The van der Waals surface area contributed by atoms with Gasteiger partial charge in [-0.3, -0.25) is 0 Å². The summed E-state index contributed by atoms with van der Waals surface area (Å²) < 4.78 is 51.3. The summed E-state index contributed by atoms with van der Waals surface area (Å²) in [7, 11) is 2.91. The third kappa shape index (κ3) is 4.91. The zero-order valence-corrected chi connectivity index (χ0v) is 24.8. The average Bonchev–Trinajstić information content (AvgIpc) is 3.76. The van der Waals surface area contributed by atoms with Gasteiger partial charge >= 0.3 is 5.97 Å². The van der Waals surface area contributed by atoms with Crippen LogP contribution in [0.1, 0.15) is 22.3 Å². The van der Waals surface area contributed by atoms with Crippen LogP contribution in [0.2, 0.25) is 0 Å². The van der Waals surface area contributed by atoms with E-state index in [0.29, 0.717) is 44.9 Å². The molecule has 4 aliphatic rings. The van der Waals surface area contributed by atoms with Crippen molar-refractivity contribution in [1.82, 2.24) is 0 Å². The average molecular weight is 645 g/mol. The number of benzene rings is 3. The van der Waals surface area contributed by atoms with Crippen LogP contribution in [0, 0.1) is 0 Å². The summed E-state index contributed by atoms with van der Waals surface area (Å²) in [6.45, 7) is -1.59. The van der Waals surface area contributed by atoms with E-state index in [2.05, 4.69) is 0 Å². The molecule has 0 spiro atoms. The van der Waals surface area contributed by atoms with Gasteiger partial charge in [0.2, 0.25) is 13.1 Å². The fourth-order valence-corrected chi connectivity index (χ4v) is 6.14. The van der Waals surface area contributed by atoms with Crippen LogP contribution < -0.4 is 23.7 Å². The highest BCUT2D eigenvalue weighted by atomic mass is 16.8. The summed E-state index contributed by atoms with van der Waals surface area (Å²) in [6.07, 6.45) is -6.12. The molecule has 5 N–H and O–H groups in total. The van der Waals surface area contributed by atoms with E-state index in [1.54, 1.807) is 18.2 Å². The summed E-state index contributed by atoms with van der Waals surface area (Å²) in [5.41, 5.74) is -0.951. The fourth-order valence-electron chi connectivity index (χ4n) is 6.14. The van der Waals surface area contributed by atoms with Crippen LogP contribution in [0.5, 0.6) is 34.5 Å². The SMILES string of the molecule is COc1cc2c(O[C@@H]3OC[C@](O)(CO)[C@H]3O[C@H]3C[C@@H](O)[C@H](O)CO3)c3c(c(-c4cc5c(cc4O)OCO5)c2cc1OC)C(=O)OC3. The monoisotopic (exact) mass is 644 g/mol. The molecule has 6 atom stereocenters. The van der Waals surface area contributed by atoms with Crippen LogP contribution in [0.3, 0.4) is 0 Å². The molecule has 7 rings (SSSR count). The maximum atomic E-state index is 13.4. The predicted octanol–water partition coefficient (Wildman–Crippen LogP) is 0.941. The van der Waals surface area contributed by atoms with Crippen molar-refractivity contribution in [3.8, 4) is 45.6 Å². The topological polar surface area (TPSA) is 201 Å². The van der Waals surface area contributed by atoms with Crippen LogP contribution in [0.4, 0.5) is 0 Å². The highest BCUT2D eigenvalue weighted by molar-refractivity contribution is 6.14. The zero-order chi connectivity index (χ0) is 32.3. The lowest BCUT2D eigenvalue weighted by atomic mass is 9.88. The molecule has 0 unspecified atom stereocenters. The minimum Gasteiger partial charge on any atom is -0.507 e. The number of aliphatic hydroxyl groups is 4. The van der Waals surface area contributed by atoms with Crippen molar-refractivity contribution in [3.63, 3.8) is 0 Å². The Morgan fingerprint density at radius 1 is 0.935 bits per heavy atom. The number of carbonyl (C=O) groups is 1. The van der Waals surface area contributed by atoms with Crippen molar-refractivity contribution in [2.24, 2.45) is 0 Å². The number of cyclic esters (lactones) is 1. The normalized spacial score (nSPS) is 28.3. The first-order chi connectivity index (χ1) is 22.1. The molecular weight excluding hydrogens is 612 g/mol. The molecule has 0 saturated carbocycles. The minimum atomic E-state index is -1.93. The lowest BCUT2D eigenvalue weighted by Gasteiger charge is -2.36. The Morgan fingerprint density at radius 3 is 2.35 bits per heavy atom. The first kappa shape index (κ1) is 30.6. The molecule has 15 heteroatoms. The van der Waals surface area contributed by atoms with Crippen LogP contribution in [0.15, 0.2) is 24.3 Å². The molecule has 0 aromatic heterocycles. The quantitative estimate of drug-likeness (QED) is 0.217. The van der Waals surface area contributed by atoms with E-state index in [-0.39, 0.29) is 55.7 Å². The number of phenolic OH excluding ortho intramolecular Hbond substituents is 1. The van der Waals surface area contributed by atoms with E-state index in [4.69, 9.17) is 42.6 Å². The van der Waals surface area contributed by atoms with E-state index < -0.39 is 49.1 Å². The Balaban J connectivity index is 1.38. The van der Waals surface area contributed by atoms with E-state index >= 15 is 0 Å². The van der Waals surface area contributed by atoms with Crippen molar-refractivity contribution in [2.75, 3.05) is 40.8 Å². The van der Waals surface area contributed by atoms with Crippen LogP contribution in [-0.4, -0.2) is 109 Å². The molecule has 3 aromatic rings. The Hall–Kier alpha value is -4.09. The second-order valence-corrected chi connectivity index (χ2v) is 11.4. The second kappa shape index (κ2) is 11.6. The summed E-state index contributed by atoms with van der Waals surface area (Å²) in [5, 5.41) is 53.3. The third-order valence-electron chi connectivity index (χ3n) is 8.59. The van der Waals surface area contributed by atoms with Gasteiger partial charge in [-0.15, -0.1) is 0 Å². The predicted molar refractivity (Wildman–Crippen MR) is 153 cm³/mol. The molecule has 246 valence electrons. The first-order valence-corrected chi connectivity index (χ1v) is 14.4. The van der Waals surface area contributed by atoms with Crippen LogP contribution in [0.25, 0.3) is 21.9 Å². The van der Waals surface area contributed by atoms with Gasteiger partial charge in [-0.1, -0.05) is 0 Å². The number of aromatic hydroxyl groups is 1. The van der Waals surface area contributed by atoms with Gasteiger partial charge in [0.15, 0.2) is 35.4 Å². The number of phenols is 1. The number of hydrogen-bond acceptors (Lipinski definition) is 15. The smallest absolute Gasteiger partial charge is 0.339 e. The maximum absolute atomic E-state index is 13.4. The largest absolute Gasteiger partial charge is 0.507 e. The molecule has 15 nitrogen and oxygen atoms in total. The second-order valence-electron chi connectivity index (χ2n) is 11.4. The van der Waals surface area contributed by atoms with E-state index in [9.17, 15) is 30.3 Å². The highest BCUT2D eigenvalue weighted by Gasteiger charge is 2.53. The van der Waals surface area contributed by atoms with Gasteiger partial charge < -0.3 is 68.2 Å². The molecule has 0 bridgehead atoms. The molecule has 2 fully saturated rings. The molecule has 4 aliphatic heterocycles. The first-order valence-electron chi connectivity index (χ1n) is 14.4. The molecule has 0 radical (unpaired) electrons. The maximum Gasteiger partial charge on any atom is 0.339 e. The van der Waals surface area contributed by atoms with Crippen molar-refractivity contribution in [2.45, 2.75) is 49.5 Å². The molecule has 46 heavy (non-hydrogen) atoms. The standard InChI is InChI=1S/C31H32O15/c1-38-20-3-13-14(4-21(20)39-2)27(46-30-28(31(37,10-32)11-42-30)45-24-7-18(34)19(35)9-40-24)16-8-41-29(36)26(16)25(13)15-5-22-23(6-17(15)33)44-12-43-22/h3-6,18-19,24,28,30,32-35,37H,7-12H2,1-2H3/t18-,19-,24+,28+,30+,31-/m1/s1. The van der Waals surface area contributed by atoms with Gasteiger partial charge in [0.1, 0.15) is 29.8 Å². The number of ether oxygens (including phenoxy) is 9. The Morgan fingerprint density at radius 2 is 1.65 bits per heavy atom. The minimum absolute atomic E-state index is 0.0345. The van der Waals surface area contributed by atoms with Crippen LogP contribution in [-0.2, 0) is 25.6 Å². The molecule has 0 aliphatic carbocycles. The summed E-state index contributed by atoms with van der Waals surface area (Å²) in [4.78, 5) is 13.4. The summed E-state index contributed by atoms with van der Waals surface area (Å²) >= 11 is 0. The molecule has 3 aromatic carbocycles.